The van der Waals surface area contributed by atoms with Crippen LogP contribution in [0.4, 0.5) is 5.69 Å². The molecule has 2 aliphatic rings. The summed E-state index contributed by atoms with van der Waals surface area (Å²) in [6.45, 7) is 3.56. The maximum Gasteiger partial charge on any atom is 0.245 e. The fraction of sp³-hybridized carbons (Fsp3) is 0.417. The number of carbonyl (C=O) groups excluding carboxylic acids is 1. The molecule has 1 aromatic carbocycles. The SMILES string of the molecule is CC1NC2N(C1=O)c1ccccc1C2(C)O. The smallest absolute Gasteiger partial charge is 0.245 e. The Kier molecular flexibility index (Phi) is 1.74. The summed E-state index contributed by atoms with van der Waals surface area (Å²) in [4.78, 5) is 13.7. The van der Waals surface area contributed by atoms with Crippen LogP contribution in [-0.4, -0.2) is 23.2 Å². The topological polar surface area (TPSA) is 52.6 Å². The molecule has 2 N–H and O–H groups in total. The first kappa shape index (κ1) is 9.81. The summed E-state index contributed by atoms with van der Waals surface area (Å²) in [5, 5.41) is 13.6. The van der Waals surface area contributed by atoms with Crippen molar-refractivity contribution in [2.75, 3.05) is 4.90 Å². The maximum absolute atomic E-state index is 12.0. The lowest BCUT2D eigenvalue weighted by Crippen LogP contribution is -2.47. The van der Waals surface area contributed by atoms with Crippen LogP contribution in [0.1, 0.15) is 19.4 Å². The van der Waals surface area contributed by atoms with Gasteiger partial charge in [0.15, 0.2) is 0 Å². The van der Waals surface area contributed by atoms with E-state index >= 15 is 0 Å². The van der Waals surface area contributed by atoms with Crippen molar-refractivity contribution in [3.8, 4) is 0 Å². The molecule has 2 aliphatic heterocycles. The van der Waals surface area contributed by atoms with E-state index in [0.717, 1.165) is 11.3 Å². The first-order valence-electron chi connectivity index (χ1n) is 5.44. The van der Waals surface area contributed by atoms with Crippen molar-refractivity contribution in [2.45, 2.75) is 31.7 Å². The van der Waals surface area contributed by atoms with Crippen LogP contribution in [-0.2, 0) is 10.4 Å². The Hall–Kier alpha value is -1.39. The number of hydrogen-bond acceptors (Lipinski definition) is 3. The second-order valence-electron chi connectivity index (χ2n) is 4.66. The van der Waals surface area contributed by atoms with Gasteiger partial charge in [-0.05, 0) is 19.9 Å². The van der Waals surface area contributed by atoms with Gasteiger partial charge in [0.2, 0.25) is 5.91 Å². The molecule has 1 fully saturated rings. The molecule has 0 radical (unpaired) electrons. The van der Waals surface area contributed by atoms with Crippen molar-refractivity contribution in [1.29, 1.82) is 0 Å². The molecule has 84 valence electrons. The molecule has 4 heteroatoms. The predicted octanol–water partition coefficient (Wildman–Crippen LogP) is 0.558. The first-order valence-corrected chi connectivity index (χ1v) is 5.44. The Bertz CT molecular complexity index is 470. The van der Waals surface area contributed by atoms with Crippen molar-refractivity contribution in [3.63, 3.8) is 0 Å². The highest BCUT2D eigenvalue weighted by Gasteiger charge is 2.54. The number of amides is 1. The molecule has 4 nitrogen and oxygen atoms in total. The van der Waals surface area contributed by atoms with Gasteiger partial charge in [0, 0.05) is 5.56 Å². The van der Waals surface area contributed by atoms with Crippen LogP contribution in [0.3, 0.4) is 0 Å². The summed E-state index contributed by atoms with van der Waals surface area (Å²) in [6.07, 6.45) is -0.340. The van der Waals surface area contributed by atoms with Crippen molar-refractivity contribution in [2.24, 2.45) is 0 Å². The second-order valence-corrected chi connectivity index (χ2v) is 4.66. The van der Waals surface area contributed by atoms with E-state index in [1.54, 1.807) is 11.8 Å². The van der Waals surface area contributed by atoms with Gasteiger partial charge < -0.3 is 5.11 Å². The van der Waals surface area contributed by atoms with Crippen molar-refractivity contribution in [1.82, 2.24) is 5.32 Å². The van der Waals surface area contributed by atoms with Gasteiger partial charge in [0.25, 0.3) is 0 Å². The van der Waals surface area contributed by atoms with Crippen LogP contribution in [0.2, 0.25) is 0 Å². The van der Waals surface area contributed by atoms with Gasteiger partial charge in [-0.1, -0.05) is 18.2 Å². The molecular formula is C12H14N2O2. The molecule has 1 aromatic rings. The zero-order valence-corrected chi connectivity index (χ0v) is 9.27. The monoisotopic (exact) mass is 218 g/mol. The number of rotatable bonds is 0. The standard InChI is InChI=1S/C12H14N2O2/c1-7-10(15)14-9-6-4-3-5-8(9)12(2,16)11(14)13-7/h3-7,11,13,16H,1-2H3. The Morgan fingerprint density at radius 3 is 2.88 bits per heavy atom. The van der Waals surface area contributed by atoms with Gasteiger partial charge in [-0.15, -0.1) is 0 Å². The zero-order valence-electron chi connectivity index (χ0n) is 9.27. The van der Waals surface area contributed by atoms with Gasteiger partial charge in [-0.2, -0.15) is 0 Å². The average Bonchev–Trinajstić information content (AvgIpc) is 2.66. The van der Waals surface area contributed by atoms with E-state index < -0.39 is 5.60 Å². The van der Waals surface area contributed by atoms with Crippen LogP contribution >= 0.6 is 0 Å². The van der Waals surface area contributed by atoms with Gasteiger partial charge in [0.1, 0.15) is 11.8 Å². The van der Waals surface area contributed by atoms with E-state index in [1.807, 2.05) is 31.2 Å². The average molecular weight is 218 g/mol. The molecule has 3 rings (SSSR count). The van der Waals surface area contributed by atoms with Gasteiger partial charge >= 0.3 is 0 Å². The number of nitrogens with one attached hydrogen (secondary N) is 1. The molecule has 0 bridgehead atoms. The number of aliphatic hydroxyl groups is 1. The quantitative estimate of drug-likeness (QED) is 0.669. The van der Waals surface area contributed by atoms with E-state index in [2.05, 4.69) is 5.32 Å². The zero-order chi connectivity index (χ0) is 11.5. The highest BCUT2D eigenvalue weighted by Crippen LogP contribution is 2.44. The summed E-state index contributed by atoms with van der Waals surface area (Å²) in [7, 11) is 0. The Morgan fingerprint density at radius 1 is 1.44 bits per heavy atom. The Labute approximate surface area is 93.9 Å². The highest BCUT2D eigenvalue weighted by atomic mass is 16.3. The van der Waals surface area contributed by atoms with E-state index in [-0.39, 0.29) is 18.1 Å². The molecular weight excluding hydrogens is 204 g/mol. The minimum Gasteiger partial charge on any atom is -0.382 e. The van der Waals surface area contributed by atoms with Crippen molar-refractivity contribution >= 4 is 11.6 Å². The van der Waals surface area contributed by atoms with Crippen LogP contribution in [0.5, 0.6) is 0 Å². The molecule has 1 amide bonds. The molecule has 16 heavy (non-hydrogen) atoms. The highest BCUT2D eigenvalue weighted by molar-refractivity contribution is 6.02. The molecule has 0 saturated carbocycles. The van der Waals surface area contributed by atoms with E-state index in [9.17, 15) is 9.90 Å². The third kappa shape index (κ3) is 0.982. The number of fused-ring (bicyclic) bond motifs is 3. The number of anilines is 1. The van der Waals surface area contributed by atoms with E-state index in [1.165, 1.54) is 0 Å². The minimum absolute atomic E-state index is 0.0234. The van der Waals surface area contributed by atoms with Crippen molar-refractivity contribution in [3.05, 3.63) is 29.8 Å². The van der Waals surface area contributed by atoms with Crippen molar-refractivity contribution < 1.29 is 9.90 Å². The number of benzene rings is 1. The summed E-state index contributed by atoms with van der Waals surface area (Å²) in [5.74, 6) is 0.0234. The van der Waals surface area contributed by atoms with Gasteiger partial charge in [-0.3, -0.25) is 15.0 Å². The summed E-state index contributed by atoms with van der Waals surface area (Å²) >= 11 is 0. The number of hydrogen-bond donors (Lipinski definition) is 2. The minimum atomic E-state index is -1.02. The lowest BCUT2D eigenvalue weighted by Gasteiger charge is -2.26. The Morgan fingerprint density at radius 2 is 2.12 bits per heavy atom. The third-order valence-electron chi connectivity index (χ3n) is 3.52. The summed E-state index contributed by atoms with van der Waals surface area (Å²) in [6, 6.07) is 7.27. The number of para-hydroxylation sites is 1. The molecule has 0 aliphatic carbocycles. The summed E-state index contributed by atoms with van der Waals surface area (Å²) < 4.78 is 0. The predicted molar refractivity (Wildman–Crippen MR) is 59.9 cm³/mol. The van der Waals surface area contributed by atoms with Crippen LogP contribution in [0, 0.1) is 0 Å². The first-order chi connectivity index (χ1) is 7.53. The molecule has 3 atom stereocenters. The maximum atomic E-state index is 12.0. The fourth-order valence-electron chi connectivity index (χ4n) is 2.65. The van der Waals surface area contributed by atoms with Gasteiger partial charge in [0.05, 0.1) is 11.7 Å². The lowest BCUT2D eigenvalue weighted by molar-refractivity contribution is -0.118. The number of nitrogens with zero attached hydrogens (tertiary/aromatic N) is 1. The van der Waals surface area contributed by atoms with E-state index in [0.29, 0.717) is 0 Å². The summed E-state index contributed by atoms with van der Waals surface area (Å²) in [5.41, 5.74) is 0.615. The van der Waals surface area contributed by atoms with Crippen LogP contribution in [0.25, 0.3) is 0 Å². The normalized spacial score (nSPS) is 36.4. The second kappa shape index (κ2) is 2.84. The molecule has 0 aromatic heterocycles. The van der Waals surface area contributed by atoms with E-state index in [4.69, 9.17) is 0 Å². The molecule has 3 unspecified atom stereocenters. The fourth-order valence-corrected chi connectivity index (χ4v) is 2.65. The number of carbonyl (C=O) groups is 1. The largest absolute Gasteiger partial charge is 0.382 e. The van der Waals surface area contributed by atoms with Crippen LogP contribution < -0.4 is 10.2 Å². The molecule has 0 spiro atoms. The molecule has 1 saturated heterocycles. The Balaban J connectivity index is 2.20. The third-order valence-corrected chi connectivity index (χ3v) is 3.52. The van der Waals surface area contributed by atoms with Crippen LogP contribution in [0.15, 0.2) is 24.3 Å². The van der Waals surface area contributed by atoms with Gasteiger partial charge in [-0.25, -0.2) is 0 Å². The molecule has 2 heterocycles. The lowest BCUT2D eigenvalue weighted by atomic mass is 9.96.